The molecule has 2 aromatic rings. The Hall–Kier alpha value is -2.21. The molecule has 136 valence electrons. The van der Waals surface area contributed by atoms with E-state index in [4.69, 9.17) is 20.8 Å². The Kier molecular flexibility index (Phi) is 7.13. The maximum Gasteiger partial charge on any atom is 0.216 e. The predicted octanol–water partition coefficient (Wildman–Crippen LogP) is 3.25. The molecule has 1 heterocycles. The van der Waals surface area contributed by atoms with E-state index in [2.05, 4.69) is 20.6 Å². The zero-order valence-corrected chi connectivity index (χ0v) is 15.9. The number of ether oxygens (including phenoxy) is 1. The highest BCUT2D eigenvalue weighted by atomic mass is 35.5. The number of guanidine groups is 1. The summed E-state index contributed by atoms with van der Waals surface area (Å²) >= 11 is 6.27. The quantitative estimate of drug-likeness (QED) is 0.583. The Morgan fingerprint density at radius 3 is 2.72 bits per heavy atom. The zero-order chi connectivity index (χ0) is 18.2. The Morgan fingerprint density at radius 1 is 1.32 bits per heavy atom. The number of benzene rings is 1. The van der Waals surface area contributed by atoms with Crippen molar-refractivity contribution in [1.82, 2.24) is 15.6 Å². The molecule has 0 spiro atoms. The number of oxazole rings is 1. The van der Waals surface area contributed by atoms with Crippen LogP contribution in [0.2, 0.25) is 5.02 Å². The van der Waals surface area contributed by atoms with Crippen LogP contribution in [-0.2, 0) is 13.0 Å². The first-order valence-corrected chi connectivity index (χ1v) is 8.68. The number of aliphatic imine (C=N–C) groups is 1. The molecule has 1 aromatic heterocycles. The Balaban J connectivity index is 1.91. The van der Waals surface area contributed by atoms with Gasteiger partial charge in [0.15, 0.2) is 5.96 Å². The Morgan fingerprint density at radius 2 is 2.12 bits per heavy atom. The minimum atomic E-state index is 0.396. The third-order valence-corrected chi connectivity index (χ3v) is 4.09. The van der Waals surface area contributed by atoms with Gasteiger partial charge in [-0.3, -0.25) is 0 Å². The summed E-state index contributed by atoms with van der Waals surface area (Å²) in [6, 6.07) is 5.71. The summed E-state index contributed by atoms with van der Waals surface area (Å²) < 4.78 is 10.7. The monoisotopic (exact) mass is 364 g/mol. The van der Waals surface area contributed by atoms with E-state index in [-0.39, 0.29) is 0 Å². The first-order chi connectivity index (χ1) is 12.0. The van der Waals surface area contributed by atoms with Crippen LogP contribution in [0.4, 0.5) is 0 Å². The molecule has 25 heavy (non-hydrogen) atoms. The molecule has 0 amide bonds. The van der Waals surface area contributed by atoms with Crippen molar-refractivity contribution in [1.29, 1.82) is 0 Å². The fraction of sp³-hybridized carbons (Fsp3) is 0.444. The summed E-state index contributed by atoms with van der Waals surface area (Å²) in [5.41, 5.74) is 1.96. The van der Waals surface area contributed by atoms with E-state index in [1.54, 1.807) is 7.11 Å². The van der Waals surface area contributed by atoms with E-state index in [0.717, 1.165) is 41.7 Å². The summed E-state index contributed by atoms with van der Waals surface area (Å²) in [4.78, 5) is 8.84. The normalized spacial score (nSPS) is 11.5. The minimum absolute atomic E-state index is 0.396. The van der Waals surface area contributed by atoms with Gasteiger partial charge in [0.05, 0.1) is 12.8 Å². The van der Waals surface area contributed by atoms with E-state index in [1.807, 2.05) is 39.0 Å². The van der Waals surface area contributed by atoms with Gasteiger partial charge in [-0.05, 0) is 44.9 Å². The number of hydrogen-bond acceptors (Lipinski definition) is 4. The van der Waals surface area contributed by atoms with Gasteiger partial charge in [-0.1, -0.05) is 17.7 Å². The molecule has 1 aromatic carbocycles. The third kappa shape index (κ3) is 5.67. The summed E-state index contributed by atoms with van der Waals surface area (Å²) in [6.07, 6.45) is 0.782. The van der Waals surface area contributed by atoms with Crippen LogP contribution in [-0.4, -0.2) is 31.1 Å². The first kappa shape index (κ1) is 19.1. The maximum absolute atomic E-state index is 6.27. The van der Waals surface area contributed by atoms with Crippen molar-refractivity contribution in [3.63, 3.8) is 0 Å². The SMILES string of the molecule is CCNC(=NCc1nc(C)c(C)o1)NCCc1ccc(OC)cc1Cl. The Bertz CT molecular complexity index is 708. The van der Waals surface area contributed by atoms with Crippen molar-refractivity contribution in [2.75, 3.05) is 20.2 Å². The molecule has 0 saturated carbocycles. The van der Waals surface area contributed by atoms with Gasteiger partial charge in [-0.2, -0.15) is 0 Å². The van der Waals surface area contributed by atoms with Crippen LogP contribution in [0.15, 0.2) is 27.6 Å². The van der Waals surface area contributed by atoms with Gasteiger partial charge in [0, 0.05) is 18.1 Å². The second-order valence-electron chi connectivity index (χ2n) is 5.58. The lowest BCUT2D eigenvalue weighted by Crippen LogP contribution is -2.38. The van der Waals surface area contributed by atoms with Gasteiger partial charge < -0.3 is 19.8 Å². The Labute approximate surface area is 153 Å². The summed E-state index contributed by atoms with van der Waals surface area (Å²) in [6.45, 7) is 7.73. The molecule has 0 saturated heterocycles. The topological polar surface area (TPSA) is 71.7 Å². The highest BCUT2D eigenvalue weighted by Gasteiger charge is 2.06. The van der Waals surface area contributed by atoms with Gasteiger partial charge in [0.25, 0.3) is 0 Å². The molecule has 2 N–H and O–H groups in total. The minimum Gasteiger partial charge on any atom is -0.497 e. The number of methoxy groups -OCH3 is 1. The first-order valence-electron chi connectivity index (χ1n) is 8.31. The molecular weight excluding hydrogens is 340 g/mol. The van der Waals surface area contributed by atoms with Crippen LogP contribution >= 0.6 is 11.6 Å². The van der Waals surface area contributed by atoms with E-state index in [1.165, 1.54) is 0 Å². The molecule has 0 aliphatic heterocycles. The van der Waals surface area contributed by atoms with Gasteiger partial charge in [-0.25, -0.2) is 9.98 Å². The number of aromatic nitrogens is 1. The fourth-order valence-corrected chi connectivity index (χ4v) is 2.53. The van der Waals surface area contributed by atoms with E-state index < -0.39 is 0 Å². The lowest BCUT2D eigenvalue weighted by molar-refractivity contribution is 0.414. The summed E-state index contributed by atoms with van der Waals surface area (Å²) in [7, 11) is 1.63. The smallest absolute Gasteiger partial charge is 0.216 e. The number of halogens is 1. The lowest BCUT2D eigenvalue weighted by Gasteiger charge is -2.12. The average Bonchev–Trinajstić information content (AvgIpc) is 2.92. The highest BCUT2D eigenvalue weighted by molar-refractivity contribution is 6.31. The summed E-state index contributed by atoms with van der Waals surface area (Å²) in [5, 5.41) is 7.21. The predicted molar refractivity (Wildman–Crippen MR) is 101 cm³/mol. The lowest BCUT2D eigenvalue weighted by atomic mass is 10.1. The standard InChI is InChI=1S/C18H25ClN4O2/c1-5-20-18(22-11-17-23-12(2)13(3)25-17)21-9-8-14-6-7-15(24-4)10-16(14)19/h6-7,10H,5,8-9,11H2,1-4H3,(H2,20,21,22). The molecule has 0 unspecified atom stereocenters. The molecule has 7 heteroatoms. The second kappa shape index (κ2) is 9.32. The molecule has 0 aliphatic carbocycles. The maximum atomic E-state index is 6.27. The fourth-order valence-electron chi connectivity index (χ4n) is 2.27. The van der Waals surface area contributed by atoms with Crippen LogP contribution in [0.1, 0.15) is 29.8 Å². The van der Waals surface area contributed by atoms with Crippen LogP contribution < -0.4 is 15.4 Å². The number of rotatable bonds is 7. The molecule has 0 aliphatic rings. The average molecular weight is 365 g/mol. The van der Waals surface area contributed by atoms with Gasteiger partial charge >= 0.3 is 0 Å². The van der Waals surface area contributed by atoms with Gasteiger partial charge in [0.1, 0.15) is 18.1 Å². The second-order valence-corrected chi connectivity index (χ2v) is 5.99. The number of nitrogens with one attached hydrogen (secondary N) is 2. The van der Waals surface area contributed by atoms with Crippen LogP contribution in [0.5, 0.6) is 5.75 Å². The zero-order valence-electron chi connectivity index (χ0n) is 15.1. The van der Waals surface area contributed by atoms with Crippen molar-refractivity contribution in [3.05, 3.63) is 46.1 Å². The molecule has 0 radical (unpaired) electrons. The van der Waals surface area contributed by atoms with Crippen molar-refractivity contribution >= 4 is 17.6 Å². The molecule has 0 bridgehead atoms. The molecule has 6 nitrogen and oxygen atoms in total. The van der Waals surface area contributed by atoms with E-state index >= 15 is 0 Å². The van der Waals surface area contributed by atoms with E-state index in [0.29, 0.717) is 24.0 Å². The number of hydrogen-bond donors (Lipinski definition) is 2. The number of nitrogens with zero attached hydrogens (tertiary/aromatic N) is 2. The van der Waals surface area contributed by atoms with E-state index in [9.17, 15) is 0 Å². The van der Waals surface area contributed by atoms with Crippen LogP contribution in [0.3, 0.4) is 0 Å². The van der Waals surface area contributed by atoms with Crippen LogP contribution in [0, 0.1) is 13.8 Å². The molecule has 0 fully saturated rings. The largest absolute Gasteiger partial charge is 0.497 e. The molecule has 2 rings (SSSR count). The van der Waals surface area contributed by atoms with Crippen molar-refractivity contribution < 1.29 is 9.15 Å². The summed E-state index contributed by atoms with van der Waals surface area (Å²) in [5.74, 6) is 2.93. The van der Waals surface area contributed by atoms with Crippen molar-refractivity contribution in [3.8, 4) is 5.75 Å². The number of aryl methyl sites for hydroxylation is 2. The van der Waals surface area contributed by atoms with Gasteiger partial charge in [0.2, 0.25) is 5.89 Å². The molecular formula is C18H25ClN4O2. The molecule has 0 atom stereocenters. The van der Waals surface area contributed by atoms with Crippen molar-refractivity contribution in [2.45, 2.75) is 33.7 Å². The van der Waals surface area contributed by atoms with Crippen molar-refractivity contribution in [2.24, 2.45) is 4.99 Å². The van der Waals surface area contributed by atoms with Gasteiger partial charge in [-0.15, -0.1) is 0 Å². The van der Waals surface area contributed by atoms with Crippen LogP contribution in [0.25, 0.3) is 0 Å². The highest BCUT2D eigenvalue weighted by Crippen LogP contribution is 2.22. The third-order valence-electron chi connectivity index (χ3n) is 3.74.